The Bertz CT molecular complexity index is 1070. The van der Waals surface area contributed by atoms with Crippen molar-refractivity contribution < 1.29 is 23.1 Å². The van der Waals surface area contributed by atoms with Crippen LogP contribution in [0.25, 0.3) is 10.9 Å². The smallest absolute Gasteiger partial charge is 0.303 e. The van der Waals surface area contributed by atoms with Crippen LogP contribution in [0, 0.1) is 6.92 Å². The van der Waals surface area contributed by atoms with Crippen molar-refractivity contribution in [3.63, 3.8) is 0 Å². The first kappa shape index (κ1) is 18.0. The zero-order valence-corrected chi connectivity index (χ0v) is 15.3. The lowest BCUT2D eigenvalue weighted by atomic mass is 10.1. The van der Waals surface area contributed by atoms with Crippen molar-refractivity contribution >= 4 is 26.9 Å². The molecule has 0 fully saturated rings. The zero-order valence-electron chi connectivity index (χ0n) is 14.5. The predicted molar refractivity (Wildman–Crippen MR) is 98.2 cm³/mol. The average molecular weight is 373 g/mol. The van der Waals surface area contributed by atoms with Crippen molar-refractivity contribution in [3.8, 4) is 5.75 Å². The maximum absolute atomic E-state index is 13.2. The highest BCUT2D eigenvalue weighted by Gasteiger charge is 2.22. The van der Waals surface area contributed by atoms with Crippen molar-refractivity contribution in [1.29, 1.82) is 0 Å². The largest absolute Gasteiger partial charge is 0.497 e. The summed E-state index contributed by atoms with van der Waals surface area (Å²) in [5.41, 5.74) is 2.08. The van der Waals surface area contributed by atoms with E-state index in [1.165, 1.54) is 29.4 Å². The second kappa shape index (κ2) is 6.84. The zero-order chi connectivity index (χ0) is 18.9. The van der Waals surface area contributed by atoms with Crippen molar-refractivity contribution in [3.05, 3.63) is 59.8 Å². The molecule has 0 amide bonds. The number of nitrogens with zero attached hydrogens (tertiary/aromatic N) is 1. The van der Waals surface area contributed by atoms with E-state index in [1.54, 1.807) is 12.1 Å². The van der Waals surface area contributed by atoms with Gasteiger partial charge in [-0.15, -0.1) is 0 Å². The van der Waals surface area contributed by atoms with Gasteiger partial charge in [0.25, 0.3) is 10.0 Å². The predicted octanol–water partition coefficient (Wildman–Crippen LogP) is 3.21. The van der Waals surface area contributed by atoms with E-state index in [0.29, 0.717) is 16.8 Å². The van der Waals surface area contributed by atoms with Crippen LogP contribution >= 0.6 is 0 Å². The topological polar surface area (TPSA) is 85.6 Å². The molecule has 0 aliphatic rings. The van der Waals surface area contributed by atoms with Gasteiger partial charge in [-0.3, -0.25) is 4.79 Å². The molecule has 0 saturated heterocycles. The Kier molecular flexibility index (Phi) is 4.73. The quantitative estimate of drug-likeness (QED) is 0.717. The molecule has 1 N–H and O–H groups in total. The first-order valence-corrected chi connectivity index (χ1v) is 9.49. The van der Waals surface area contributed by atoms with E-state index >= 15 is 0 Å². The molecule has 3 aromatic rings. The van der Waals surface area contributed by atoms with Crippen LogP contribution in [0.4, 0.5) is 0 Å². The number of methoxy groups -OCH3 is 1. The Balaban J connectivity index is 2.18. The van der Waals surface area contributed by atoms with Crippen LogP contribution in [0.1, 0.15) is 17.5 Å². The second-order valence-corrected chi connectivity index (χ2v) is 7.81. The third kappa shape index (κ3) is 3.17. The number of aromatic nitrogens is 1. The van der Waals surface area contributed by atoms with Crippen molar-refractivity contribution in [2.45, 2.75) is 24.7 Å². The summed E-state index contributed by atoms with van der Waals surface area (Å²) in [6, 6.07) is 11.7. The number of hydrogen-bond acceptors (Lipinski definition) is 4. The van der Waals surface area contributed by atoms with Gasteiger partial charge >= 0.3 is 5.97 Å². The lowest BCUT2D eigenvalue weighted by Crippen LogP contribution is -2.12. The Morgan fingerprint density at radius 1 is 1.15 bits per heavy atom. The normalized spacial score (nSPS) is 11.6. The Morgan fingerprint density at radius 3 is 2.46 bits per heavy atom. The third-order valence-electron chi connectivity index (χ3n) is 4.30. The van der Waals surface area contributed by atoms with Crippen LogP contribution in [0.3, 0.4) is 0 Å². The number of benzene rings is 2. The summed E-state index contributed by atoms with van der Waals surface area (Å²) in [4.78, 5) is 11.1. The van der Waals surface area contributed by atoms with Crippen molar-refractivity contribution in [2.75, 3.05) is 7.11 Å². The molecule has 0 atom stereocenters. The lowest BCUT2D eigenvalue weighted by Gasteiger charge is -2.09. The fourth-order valence-corrected chi connectivity index (χ4v) is 4.43. The molecule has 0 bridgehead atoms. The first-order valence-electron chi connectivity index (χ1n) is 8.05. The highest BCUT2D eigenvalue weighted by molar-refractivity contribution is 7.90. The Morgan fingerprint density at radius 2 is 1.85 bits per heavy atom. The van der Waals surface area contributed by atoms with Gasteiger partial charge in [0.1, 0.15) is 5.75 Å². The van der Waals surface area contributed by atoms with E-state index in [9.17, 15) is 13.2 Å². The number of aliphatic carboxylic acids is 1. The third-order valence-corrected chi connectivity index (χ3v) is 5.98. The van der Waals surface area contributed by atoms with E-state index in [2.05, 4.69) is 0 Å². The van der Waals surface area contributed by atoms with Crippen molar-refractivity contribution in [2.24, 2.45) is 0 Å². The van der Waals surface area contributed by atoms with Gasteiger partial charge in [0.2, 0.25) is 0 Å². The number of hydrogen-bond donors (Lipinski definition) is 1. The molecule has 0 aliphatic carbocycles. The van der Waals surface area contributed by atoms with Crippen molar-refractivity contribution in [1.82, 2.24) is 3.97 Å². The minimum absolute atomic E-state index is 0.0599. The van der Waals surface area contributed by atoms with Gasteiger partial charge in [0.15, 0.2) is 0 Å². The van der Waals surface area contributed by atoms with Gasteiger partial charge in [0, 0.05) is 18.0 Å². The maximum Gasteiger partial charge on any atom is 0.303 e. The van der Waals surface area contributed by atoms with Gasteiger partial charge < -0.3 is 9.84 Å². The molecule has 6 nitrogen and oxygen atoms in total. The van der Waals surface area contributed by atoms with E-state index in [-0.39, 0.29) is 17.7 Å². The number of rotatable bonds is 6. The highest BCUT2D eigenvalue weighted by Crippen LogP contribution is 2.29. The van der Waals surface area contributed by atoms with Crippen LogP contribution < -0.4 is 4.74 Å². The first-order chi connectivity index (χ1) is 12.3. The molecule has 1 heterocycles. The maximum atomic E-state index is 13.2. The average Bonchev–Trinajstić information content (AvgIpc) is 3.01. The number of carboxylic acids is 1. The molecule has 0 radical (unpaired) electrons. The van der Waals surface area contributed by atoms with E-state index in [0.717, 1.165) is 10.9 Å². The number of ether oxygens (including phenoxy) is 1. The molecule has 0 saturated carbocycles. The van der Waals surface area contributed by atoms with E-state index in [4.69, 9.17) is 9.84 Å². The van der Waals surface area contributed by atoms with Crippen LogP contribution in [0.5, 0.6) is 5.75 Å². The summed E-state index contributed by atoms with van der Waals surface area (Å²) >= 11 is 0. The molecule has 2 aromatic carbocycles. The molecule has 0 unspecified atom stereocenters. The molecule has 0 spiro atoms. The molecular weight excluding hydrogens is 354 g/mol. The fourth-order valence-electron chi connectivity index (χ4n) is 2.98. The highest BCUT2D eigenvalue weighted by atomic mass is 32.2. The second-order valence-electron chi connectivity index (χ2n) is 6.00. The van der Waals surface area contributed by atoms with Gasteiger partial charge in [-0.1, -0.05) is 18.2 Å². The summed E-state index contributed by atoms with van der Waals surface area (Å²) in [6.45, 7) is 1.84. The fraction of sp³-hybridized carbons (Fsp3) is 0.211. The summed E-state index contributed by atoms with van der Waals surface area (Å²) in [5.74, 6) is -0.351. The van der Waals surface area contributed by atoms with Crippen LogP contribution in [-0.4, -0.2) is 30.6 Å². The molecule has 1 aromatic heterocycles. The molecular formula is C19H19NO5S. The monoisotopic (exact) mass is 373 g/mol. The van der Waals surface area contributed by atoms with Gasteiger partial charge in [-0.25, -0.2) is 12.4 Å². The molecule has 136 valence electrons. The minimum Gasteiger partial charge on any atom is -0.497 e. The van der Waals surface area contributed by atoms with Gasteiger partial charge in [0.05, 0.1) is 17.5 Å². The molecule has 26 heavy (non-hydrogen) atoms. The van der Waals surface area contributed by atoms with E-state index < -0.39 is 16.0 Å². The standard InChI is InChI=1S/C19H19NO5S/c1-13-4-3-5-17-14(6-11-18(21)22)12-20(19(13)17)26(23,24)16-9-7-15(25-2)8-10-16/h3-5,7-10,12H,6,11H2,1-2H3,(H,21,22). The van der Waals surface area contributed by atoms with Gasteiger partial charge in [-0.2, -0.15) is 0 Å². The van der Waals surface area contributed by atoms with E-state index in [1.807, 2.05) is 25.1 Å². The number of carbonyl (C=O) groups is 1. The summed E-state index contributed by atoms with van der Waals surface area (Å²) < 4.78 is 32.6. The molecule has 3 rings (SSSR count). The SMILES string of the molecule is COc1ccc(S(=O)(=O)n2cc(CCC(=O)O)c3cccc(C)c32)cc1. The summed E-state index contributed by atoms with van der Waals surface area (Å²) in [7, 11) is -2.30. The van der Waals surface area contributed by atoms with Crippen LogP contribution in [0.2, 0.25) is 0 Å². The molecule has 0 aliphatic heterocycles. The lowest BCUT2D eigenvalue weighted by molar-refractivity contribution is -0.136. The van der Waals surface area contributed by atoms with Crippen LogP contribution in [0.15, 0.2) is 53.6 Å². The number of aryl methyl sites for hydroxylation is 2. The minimum atomic E-state index is -3.82. The number of fused-ring (bicyclic) bond motifs is 1. The van der Waals surface area contributed by atoms with Crippen LogP contribution in [-0.2, 0) is 21.2 Å². The number of carboxylic acid groups (broad SMARTS) is 1. The van der Waals surface area contributed by atoms with Gasteiger partial charge in [-0.05, 0) is 48.7 Å². The Labute approximate surface area is 151 Å². The number of para-hydroxylation sites is 1. The Hall–Kier alpha value is -2.80. The summed E-state index contributed by atoms with van der Waals surface area (Å²) in [6.07, 6.45) is 1.73. The summed E-state index contributed by atoms with van der Waals surface area (Å²) in [5, 5.41) is 9.71. The molecule has 7 heteroatoms.